The molecule has 3 nitrogen and oxygen atoms in total. The number of aromatic nitrogens is 1. The Bertz CT molecular complexity index is 1500. The summed E-state index contributed by atoms with van der Waals surface area (Å²) in [4.78, 5) is 5.11. The number of hydrogen-bond acceptors (Lipinski definition) is 2. The van der Waals surface area contributed by atoms with Crippen LogP contribution in [-0.2, 0) is 6.42 Å². The van der Waals surface area contributed by atoms with Gasteiger partial charge in [0.1, 0.15) is 6.17 Å². The van der Waals surface area contributed by atoms with Gasteiger partial charge in [-0.2, -0.15) is 0 Å². The molecule has 0 saturated carbocycles. The molecule has 1 atom stereocenters. The third kappa shape index (κ3) is 2.20. The number of para-hydroxylation sites is 4. The molecule has 5 aromatic rings. The molecule has 4 aromatic carbocycles. The molecule has 2 aliphatic heterocycles. The first-order valence-corrected chi connectivity index (χ1v) is 11.5. The number of rotatable bonds is 2. The lowest BCUT2D eigenvalue weighted by Crippen LogP contribution is -2.35. The summed E-state index contributed by atoms with van der Waals surface area (Å²) >= 11 is 0. The second-order valence-electron chi connectivity index (χ2n) is 9.20. The van der Waals surface area contributed by atoms with Crippen molar-refractivity contribution >= 4 is 44.6 Å². The summed E-state index contributed by atoms with van der Waals surface area (Å²) in [6, 6.07) is 33.6. The van der Waals surface area contributed by atoms with E-state index in [2.05, 4.69) is 119 Å². The first-order valence-electron chi connectivity index (χ1n) is 11.5. The summed E-state index contributed by atoms with van der Waals surface area (Å²) in [5.41, 5.74) is 9.34. The van der Waals surface area contributed by atoms with Gasteiger partial charge in [-0.05, 0) is 49.7 Å². The average Bonchev–Trinajstić information content (AvgIpc) is 3.45. The molecule has 0 N–H and O–H groups in total. The van der Waals surface area contributed by atoms with Crippen molar-refractivity contribution < 1.29 is 0 Å². The van der Waals surface area contributed by atoms with Gasteiger partial charge in [-0.15, -0.1) is 0 Å². The van der Waals surface area contributed by atoms with E-state index >= 15 is 0 Å². The lowest BCUT2D eigenvalue weighted by atomic mass is 10.1. The van der Waals surface area contributed by atoms with E-state index in [1.54, 1.807) is 0 Å². The lowest BCUT2D eigenvalue weighted by molar-refractivity contribution is 0.642. The van der Waals surface area contributed by atoms with Crippen LogP contribution in [-0.4, -0.2) is 10.7 Å². The molecule has 0 radical (unpaired) electrons. The number of anilines is 4. The summed E-state index contributed by atoms with van der Waals surface area (Å²) in [6.07, 6.45) is 1.27. The quantitative estimate of drug-likeness (QED) is 0.295. The van der Waals surface area contributed by atoms with Crippen molar-refractivity contribution in [1.29, 1.82) is 0 Å². The van der Waals surface area contributed by atoms with Crippen molar-refractivity contribution in [2.75, 3.05) is 9.80 Å². The Kier molecular flexibility index (Phi) is 3.58. The Morgan fingerprint density at radius 3 is 2.16 bits per heavy atom. The molecule has 156 valence electrons. The molecule has 0 bridgehead atoms. The van der Waals surface area contributed by atoms with Crippen molar-refractivity contribution in [1.82, 2.24) is 4.57 Å². The Labute approximate surface area is 188 Å². The summed E-state index contributed by atoms with van der Waals surface area (Å²) < 4.78 is 2.54. The molecular weight excluding hydrogens is 390 g/mol. The Morgan fingerprint density at radius 1 is 0.688 bits per heavy atom. The molecule has 1 unspecified atom stereocenters. The van der Waals surface area contributed by atoms with Crippen LogP contribution in [0.4, 0.5) is 22.7 Å². The summed E-state index contributed by atoms with van der Waals surface area (Å²) in [7, 11) is 0. The van der Waals surface area contributed by atoms with E-state index in [0.29, 0.717) is 6.04 Å². The molecule has 3 heteroatoms. The topological polar surface area (TPSA) is 11.4 Å². The van der Waals surface area contributed by atoms with Gasteiger partial charge in [-0.25, -0.2) is 0 Å². The van der Waals surface area contributed by atoms with Crippen LogP contribution in [0, 0.1) is 0 Å². The zero-order chi connectivity index (χ0) is 21.4. The molecule has 0 saturated heterocycles. The van der Waals surface area contributed by atoms with Crippen LogP contribution in [0.3, 0.4) is 0 Å². The van der Waals surface area contributed by atoms with E-state index in [4.69, 9.17) is 0 Å². The highest BCUT2D eigenvalue weighted by atomic mass is 15.4. The Balaban J connectivity index is 1.55. The maximum atomic E-state index is 2.60. The minimum Gasteiger partial charge on any atom is -0.336 e. The molecule has 0 amide bonds. The monoisotopic (exact) mass is 415 g/mol. The van der Waals surface area contributed by atoms with Crippen LogP contribution in [0.15, 0.2) is 91.0 Å². The molecule has 0 spiro atoms. The molecule has 0 aliphatic carbocycles. The molecule has 2 aliphatic rings. The van der Waals surface area contributed by atoms with Crippen LogP contribution >= 0.6 is 0 Å². The SMILES string of the molecule is CC(C)n1c2ccccc2c2ccc3c(c21)N1c2ccccc2N(c2ccccc2)C1C3. The number of nitrogens with zero attached hydrogens (tertiary/aromatic N) is 3. The van der Waals surface area contributed by atoms with Crippen molar-refractivity contribution in [3.05, 3.63) is 96.6 Å². The summed E-state index contributed by atoms with van der Waals surface area (Å²) in [5.74, 6) is 0. The van der Waals surface area contributed by atoms with Gasteiger partial charge >= 0.3 is 0 Å². The standard InChI is InChI=1S/C29H25N3/c1-19(2)30-24-13-7-6-12-22(24)23-17-16-20-18-27-31(21-10-4-3-5-11-21)25-14-8-9-15-26(25)32(27)28(20)29(23)30/h3-17,19,27H,18H2,1-2H3. The van der Waals surface area contributed by atoms with Crippen LogP contribution in [0.25, 0.3) is 21.8 Å². The van der Waals surface area contributed by atoms with Crippen molar-refractivity contribution in [3.63, 3.8) is 0 Å². The predicted octanol–water partition coefficient (Wildman–Crippen LogP) is 7.55. The first-order chi connectivity index (χ1) is 15.7. The van der Waals surface area contributed by atoms with E-state index in [1.807, 2.05) is 0 Å². The van der Waals surface area contributed by atoms with E-state index in [-0.39, 0.29) is 6.17 Å². The largest absolute Gasteiger partial charge is 0.336 e. The van der Waals surface area contributed by atoms with Crippen molar-refractivity contribution in [3.8, 4) is 0 Å². The van der Waals surface area contributed by atoms with Crippen LogP contribution in [0.2, 0.25) is 0 Å². The number of benzene rings is 4. The lowest BCUT2D eigenvalue weighted by Gasteiger charge is -2.28. The van der Waals surface area contributed by atoms with Gasteiger partial charge in [0, 0.05) is 34.4 Å². The molecule has 0 fully saturated rings. The zero-order valence-corrected chi connectivity index (χ0v) is 18.4. The van der Waals surface area contributed by atoms with Gasteiger partial charge in [0.2, 0.25) is 0 Å². The third-order valence-corrected chi connectivity index (χ3v) is 7.12. The summed E-state index contributed by atoms with van der Waals surface area (Å²) in [5, 5.41) is 2.69. The second-order valence-corrected chi connectivity index (χ2v) is 9.20. The van der Waals surface area contributed by atoms with Gasteiger partial charge in [0.05, 0.1) is 22.6 Å². The van der Waals surface area contributed by atoms with E-state index < -0.39 is 0 Å². The maximum absolute atomic E-state index is 2.60. The van der Waals surface area contributed by atoms with E-state index in [0.717, 1.165) is 6.42 Å². The third-order valence-electron chi connectivity index (χ3n) is 7.12. The normalized spacial score (nSPS) is 16.8. The predicted molar refractivity (Wildman–Crippen MR) is 134 cm³/mol. The first kappa shape index (κ1) is 17.9. The fourth-order valence-corrected chi connectivity index (χ4v) is 5.94. The van der Waals surface area contributed by atoms with Gasteiger partial charge in [-0.1, -0.05) is 60.7 Å². The van der Waals surface area contributed by atoms with Crippen LogP contribution in [0.1, 0.15) is 25.5 Å². The van der Waals surface area contributed by atoms with E-state index in [1.165, 1.54) is 50.1 Å². The molecule has 3 heterocycles. The van der Waals surface area contributed by atoms with Gasteiger partial charge in [0.25, 0.3) is 0 Å². The molecule has 7 rings (SSSR count). The van der Waals surface area contributed by atoms with Crippen LogP contribution in [0.5, 0.6) is 0 Å². The molecule has 1 aromatic heterocycles. The highest BCUT2D eigenvalue weighted by molar-refractivity contribution is 6.14. The second kappa shape index (κ2) is 6.39. The molecular formula is C29H25N3. The highest BCUT2D eigenvalue weighted by Crippen LogP contribution is 2.55. The minimum atomic E-state index is 0.258. The number of hydrogen-bond donors (Lipinski definition) is 0. The number of fused-ring (bicyclic) bond motifs is 9. The minimum absolute atomic E-state index is 0.258. The van der Waals surface area contributed by atoms with Crippen LogP contribution < -0.4 is 9.80 Å². The zero-order valence-electron chi connectivity index (χ0n) is 18.4. The average molecular weight is 416 g/mol. The van der Waals surface area contributed by atoms with E-state index in [9.17, 15) is 0 Å². The highest BCUT2D eigenvalue weighted by Gasteiger charge is 2.44. The Morgan fingerprint density at radius 2 is 1.38 bits per heavy atom. The van der Waals surface area contributed by atoms with Gasteiger partial charge in [-0.3, -0.25) is 0 Å². The van der Waals surface area contributed by atoms with Gasteiger partial charge < -0.3 is 14.4 Å². The molecule has 32 heavy (non-hydrogen) atoms. The Hall–Kier alpha value is -3.72. The van der Waals surface area contributed by atoms with Crippen molar-refractivity contribution in [2.45, 2.75) is 32.5 Å². The maximum Gasteiger partial charge on any atom is 0.115 e. The van der Waals surface area contributed by atoms with Crippen molar-refractivity contribution in [2.24, 2.45) is 0 Å². The van der Waals surface area contributed by atoms with Gasteiger partial charge in [0.15, 0.2) is 0 Å². The summed E-state index contributed by atoms with van der Waals surface area (Å²) in [6.45, 7) is 4.60. The smallest absolute Gasteiger partial charge is 0.115 e. The fraction of sp³-hybridized carbons (Fsp3) is 0.172. The fourth-order valence-electron chi connectivity index (χ4n) is 5.94.